The van der Waals surface area contributed by atoms with E-state index in [1.165, 1.54) is 33.2 Å². The zero-order valence-electron chi connectivity index (χ0n) is 22.7. The van der Waals surface area contributed by atoms with Gasteiger partial charge in [-0.2, -0.15) is 0 Å². The summed E-state index contributed by atoms with van der Waals surface area (Å²) in [6.07, 6.45) is 3.99. The molecular weight excluding hydrogens is 492 g/mol. The van der Waals surface area contributed by atoms with Crippen LogP contribution in [0.25, 0.3) is 0 Å². The Morgan fingerprint density at radius 1 is 1.05 bits per heavy atom. The number of ether oxygens (including phenoxy) is 5. The lowest BCUT2D eigenvalue weighted by Crippen LogP contribution is -2.43. The molecular formula is C28H38N2O8. The average molecular weight is 531 g/mol. The van der Waals surface area contributed by atoms with Gasteiger partial charge in [-0.3, -0.25) is 9.59 Å². The van der Waals surface area contributed by atoms with Crippen LogP contribution in [0.4, 0.5) is 0 Å². The molecule has 0 spiro atoms. The SMILES string of the molecule is CCCCCO[C@@H](C)[C@@H](Cc1ccccc1)OC(=O)[C@H](C)NC(=O)c1nccc(OC)c1OCOC(C)=O. The Labute approximate surface area is 224 Å². The minimum atomic E-state index is -0.998. The van der Waals surface area contributed by atoms with E-state index < -0.39 is 36.8 Å². The fraction of sp³-hybridized carbons (Fsp3) is 0.500. The Balaban J connectivity index is 2.10. The summed E-state index contributed by atoms with van der Waals surface area (Å²) in [5, 5.41) is 2.59. The summed E-state index contributed by atoms with van der Waals surface area (Å²) in [7, 11) is 1.40. The number of aromatic nitrogens is 1. The number of esters is 2. The summed E-state index contributed by atoms with van der Waals surface area (Å²) in [5.41, 5.74) is 0.866. The molecule has 2 rings (SSSR count). The first-order valence-corrected chi connectivity index (χ1v) is 12.7. The Morgan fingerprint density at radius 3 is 2.45 bits per heavy atom. The van der Waals surface area contributed by atoms with Gasteiger partial charge in [0.15, 0.2) is 17.2 Å². The molecule has 0 aliphatic rings. The lowest BCUT2D eigenvalue weighted by molar-refractivity contribution is -0.158. The fourth-order valence-corrected chi connectivity index (χ4v) is 3.52. The lowest BCUT2D eigenvalue weighted by Gasteiger charge is -2.26. The Morgan fingerprint density at radius 2 is 1.79 bits per heavy atom. The number of unbranched alkanes of at least 4 members (excludes halogenated alkanes) is 2. The van der Waals surface area contributed by atoms with Crippen molar-refractivity contribution in [3.63, 3.8) is 0 Å². The van der Waals surface area contributed by atoms with Crippen molar-refractivity contribution in [1.82, 2.24) is 10.3 Å². The summed E-state index contributed by atoms with van der Waals surface area (Å²) in [5.74, 6) is -1.66. The van der Waals surface area contributed by atoms with Gasteiger partial charge in [0.05, 0.1) is 13.2 Å². The van der Waals surface area contributed by atoms with E-state index in [0.29, 0.717) is 13.0 Å². The molecule has 0 aliphatic carbocycles. The topological polar surface area (TPSA) is 122 Å². The van der Waals surface area contributed by atoms with Gasteiger partial charge in [0.2, 0.25) is 6.79 Å². The minimum absolute atomic E-state index is 0.0228. The molecule has 0 aliphatic heterocycles. The van der Waals surface area contributed by atoms with E-state index in [-0.39, 0.29) is 23.3 Å². The highest BCUT2D eigenvalue weighted by Crippen LogP contribution is 2.29. The first-order chi connectivity index (χ1) is 18.3. The summed E-state index contributed by atoms with van der Waals surface area (Å²) in [4.78, 5) is 41.2. The van der Waals surface area contributed by atoms with Gasteiger partial charge in [-0.15, -0.1) is 0 Å². The summed E-state index contributed by atoms with van der Waals surface area (Å²) in [6, 6.07) is 10.2. The van der Waals surface area contributed by atoms with Crippen LogP contribution < -0.4 is 14.8 Å². The van der Waals surface area contributed by atoms with Crippen molar-refractivity contribution in [3.8, 4) is 11.5 Å². The molecule has 1 amide bonds. The second-order valence-electron chi connectivity index (χ2n) is 8.73. The van der Waals surface area contributed by atoms with E-state index in [1.54, 1.807) is 0 Å². The molecule has 1 N–H and O–H groups in total. The second-order valence-corrected chi connectivity index (χ2v) is 8.73. The van der Waals surface area contributed by atoms with Crippen molar-refractivity contribution in [2.24, 2.45) is 0 Å². The number of pyridine rings is 1. The molecule has 0 saturated carbocycles. The van der Waals surface area contributed by atoms with Crippen LogP contribution in [-0.2, 0) is 30.2 Å². The number of hydrogen-bond donors (Lipinski definition) is 1. The van der Waals surface area contributed by atoms with Gasteiger partial charge in [-0.05, 0) is 25.8 Å². The quantitative estimate of drug-likeness (QED) is 0.196. The molecule has 0 bridgehead atoms. The maximum Gasteiger partial charge on any atom is 0.328 e. The predicted molar refractivity (Wildman–Crippen MR) is 140 cm³/mol. The summed E-state index contributed by atoms with van der Waals surface area (Å²) in [6.45, 7) is 6.88. The van der Waals surface area contributed by atoms with E-state index in [4.69, 9.17) is 23.7 Å². The zero-order valence-corrected chi connectivity index (χ0v) is 22.7. The smallest absolute Gasteiger partial charge is 0.328 e. The number of carbonyl (C=O) groups excluding carboxylic acids is 3. The van der Waals surface area contributed by atoms with Crippen molar-refractivity contribution in [2.75, 3.05) is 20.5 Å². The first-order valence-electron chi connectivity index (χ1n) is 12.7. The first kappa shape index (κ1) is 30.6. The molecule has 0 radical (unpaired) electrons. The van der Waals surface area contributed by atoms with Crippen LogP contribution in [0.15, 0.2) is 42.6 Å². The van der Waals surface area contributed by atoms with E-state index >= 15 is 0 Å². The van der Waals surface area contributed by atoms with Crippen molar-refractivity contribution in [2.45, 2.75) is 71.6 Å². The Kier molecular flexibility index (Phi) is 13.1. The third-order valence-electron chi connectivity index (χ3n) is 5.67. The monoisotopic (exact) mass is 530 g/mol. The van der Waals surface area contributed by atoms with Crippen molar-refractivity contribution < 1.29 is 38.1 Å². The maximum atomic E-state index is 13.0. The highest BCUT2D eigenvalue weighted by molar-refractivity contribution is 5.98. The third-order valence-corrected chi connectivity index (χ3v) is 5.67. The van der Waals surface area contributed by atoms with E-state index in [0.717, 1.165) is 24.8 Å². The average Bonchev–Trinajstić information content (AvgIpc) is 2.90. The van der Waals surface area contributed by atoms with Crippen LogP contribution in [0.5, 0.6) is 11.5 Å². The molecule has 10 heteroatoms. The van der Waals surface area contributed by atoms with Crippen molar-refractivity contribution in [3.05, 3.63) is 53.9 Å². The highest BCUT2D eigenvalue weighted by Gasteiger charge is 2.28. The van der Waals surface area contributed by atoms with Crippen LogP contribution in [0.1, 0.15) is 63.0 Å². The molecule has 208 valence electrons. The molecule has 0 saturated heterocycles. The molecule has 0 fully saturated rings. The van der Waals surface area contributed by atoms with Crippen LogP contribution in [0, 0.1) is 0 Å². The van der Waals surface area contributed by atoms with Gasteiger partial charge in [0, 0.05) is 32.2 Å². The number of hydrogen-bond acceptors (Lipinski definition) is 9. The predicted octanol–water partition coefficient (Wildman–Crippen LogP) is 3.86. The van der Waals surface area contributed by atoms with Gasteiger partial charge in [-0.25, -0.2) is 9.78 Å². The molecule has 38 heavy (non-hydrogen) atoms. The standard InChI is InChI=1S/C28H38N2O8/c1-6-7-11-16-35-20(3)24(17-22-12-9-8-10-13-22)38-28(33)19(2)30-27(32)25-26(37-18-36-21(4)31)23(34-5)14-15-29-25/h8-10,12-15,19-20,24H,6-7,11,16-18H2,1-5H3,(H,30,32)/t19-,20-,24+/m0/s1. The van der Waals surface area contributed by atoms with E-state index in [9.17, 15) is 14.4 Å². The fourth-order valence-electron chi connectivity index (χ4n) is 3.52. The van der Waals surface area contributed by atoms with E-state index in [2.05, 4.69) is 17.2 Å². The summed E-state index contributed by atoms with van der Waals surface area (Å²) >= 11 is 0. The number of carbonyl (C=O) groups is 3. The molecule has 1 heterocycles. The third kappa shape index (κ3) is 10.0. The van der Waals surface area contributed by atoms with Gasteiger partial charge in [0.1, 0.15) is 12.1 Å². The molecule has 2 aromatic rings. The summed E-state index contributed by atoms with van der Waals surface area (Å²) < 4.78 is 27.2. The van der Waals surface area contributed by atoms with Gasteiger partial charge >= 0.3 is 11.9 Å². The molecule has 1 aromatic heterocycles. The number of nitrogens with zero attached hydrogens (tertiary/aromatic N) is 1. The second kappa shape index (κ2) is 16.2. The number of rotatable bonds is 16. The normalized spacial score (nSPS) is 13.1. The molecule has 1 aromatic carbocycles. The molecule has 3 atom stereocenters. The van der Waals surface area contributed by atoms with Gasteiger partial charge < -0.3 is 29.0 Å². The van der Waals surface area contributed by atoms with Gasteiger partial charge in [0.25, 0.3) is 5.91 Å². The van der Waals surface area contributed by atoms with Crippen LogP contribution >= 0.6 is 0 Å². The van der Waals surface area contributed by atoms with Crippen molar-refractivity contribution in [1.29, 1.82) is 0 Å². The Bertz CT molecular complexity index is 1030. The van der Waals surface area contributed by atoms with Gasteiger partial charge in [-0.1, -0.05) is 50.1 Å². The zero-order chi connectivity index (χ0) is 27.9. The molecule has 0 unspecified atom stereocenters. The van der Waals surface area contributed by atoms with Crippen LogP contribution in [0.2, 0.25) is 0 Å². The highest BCUT2D eigenvalue weighted by atomic mass is 16.7. The Hall–Kier alpha value is -3.66. The largest absolute Gasteiger partial charge is 0.493 e. The van der Waals surface area contributed by atoms with Crippen LogP contribution in [0.3, 0.4) is 0 Å². The molecule has 10 nitrogen and oxygen atoms in total. The maximum absolute atomic E-state index is 13.0. The number of methoxy groups -OCH3 is 1. The van der Waals surface area contributed by atoms with Crippen molar-refractivity contribution >= 4 is 17.8 Å². The number of nitrogens with one attached hydrogen (secondary N) is 1. The number of amides is 1. The van der Waals surface area contributed by atoms with E-state index in [1.807, 2.05) is 37.3 Å². The number of benzene rings is 1. The van der Waals surface area contributed by atoms with Crippen LogP contribution in [-0.4, -0.2) is 61.6 Å². The lowest BCUT2D eigenvalue weighted by atomic mass is 10.0. The minimum Gasteiger partial charge on any atom is -0.493 e.